The van der Waals surface area contributed by atoms with Crippen LogP contribution in [0, 0.1) is 6.92 Å². The first-order chi connectivity index (χ1) is 17.6. The van der Waals surface area contributed by atoms with Gasteiger partial charge in [0.05, 0.1) is 22.5 Å². The van der Waals surface area contributed by atoms with Gasteiger partial charge in [0, 0.05) is 38.4 Å². The van der Waals surface area contributed by atoms with Crippen molar-refractivity contribution in [2.45, 2.75) is 30.7 Å². The standard InChI is InChI=1S/C26H25Cl2N3O5S/c1-17-15-29-11-10-20(17)18-4-2-5-19(14-18)22-16-30(24(32)8-9-25(33)34)12-13-31(22)37(35,36)23-7-3-6-21(27)26(23)28/h2-7,10-11,14-15,22H,8-9,12-13,16H2,1H3,(H,33,34). The number of aryl methyl sites for hydroxylation is 1. The molecule has 1 amide bonds. The number of piperazine rings is 1. The van der Waals surface area contributed by atoms with E-state index >= 15 is 0 Å². The zero-order valence-electron chi connectivity index (χ0n) is 20.0. The van der Waals surface area contributed by atoms with Gasteiger partial charge in [0.15, 0.2) is 0 Å². The number of rotatable bonds is 7. The molecule has 0 saturated carbocycles. The number of hydrogen-bond acceptors (Lipinski definition) is 5. The summed E-state index contributed by atoms with van der Waals surface area (Å²) < 4.78 is 29.0. The van der Waals surface area contributed by atoms with Crippen LogP contribution >= 0.6 is 23.2 Å². The second-order valence-corrected chi connectivity index (χ2v) is 11.4. The van der Waals surface area contributed by atoms with Gasteiger partial charge in [-0.3, -0.25) is 14.6 Å². The van der Waals surface area contributed by atoms with E-state index in [1.807, 2.05) is 37.3 Å². The smallest absolute Gasteiger partial charge is 0.303 e. The van der Waals surface area contributed by atoms with Crippen LogP contribution in [0.3, 0.4) is 0 Å². The predicted molar refractivity (Wildman–Crippen MR) is 141 cm³/mol. The average molecular weight is 562 g/mol. The minimum absolute atomic E-state index is 0.00711. The maximum Gasteiger partial charge on any atom is 0.303 e. The Kier molecular flexibility index (Phi) is 8.18. The van der Waals surface area contributed by atoms with Crippen molar-refractivity contribution < 1.29 is 23.1 Å². The first-order valence-corrected chi connectivity index (χ1v) is 13.8. The summed E-state index contributed by atoms with van der Waals surface area (Å²) in [6.07, 6.45) is 2.99. The van der Waals surface area contributed by atoms with Crippen LogP contribution in [0.2, 0.25) is 10.0 Å². The number of sulfonamides is 1. The molecule has 37 heavy (non-hydrogen) atoms. The van der Waals surface area contributed by atoms with Gasteiger partial charge in [0.2, 0.25) is 15.9 Å². The van der Waals surface area contributed by atoms with Crippen molar-refractivity contribution in [1.82, 2.24) is 14.2 Å². The largest absolute Gasteiger partial charge is 0.481 e. The molecule has 0 radical (unpaired) electrons. The lowest BCUT2D eigenvalue weighted by Gasteiger charge is -2.41. The van der Waals surface area contributed by atoms with Crippen LogP contribution in [0.1, 0.15) is 30.0 Å². The van der Waals surface area contributed by atoms with E-state index in [0.29, 0.717) is 5.56 Å². The summed E-state index contributed by atoms with van der Waals surface area (Å²) in [5.74, 6) is -1.41. The molecule has 1 fully saturated rings. The summed E-state index contributed by atoms with van der Waals surface area (Å²) in [6, 6.07) is 13.1. The summed E-state index contributed by atoms with van der Waals surface area (Å²) in [5.41, 5.74) is 3.48. The van der Waals surface area contributed by atoms with Gasteiger partial charge in [-0.15, -0.1) is 0 Å². The molecule has 11 heteroatoms. The van der Waals surface area contributed by atoms with Gasteiger partial charge in [-0.1, -0.05) is 47.5 Å². The monoisotopic (exact) mass is 561 g/mol. The third kappa shape index (κ3) is 5.80. The SMILES string of the molecule is Cc1cnccc1-c1cccc(C2CN(C(=O)CCC(=O)O)CCN2S(=O)(=O)c2cccc(Cl)c2Cl)c1. The molecule has 194 valence electrons. The number of amides is 1. The number of carbonyl (C=O) groups excluding carboxylic acids is 1. The molecule has 1 N–H and O–H groups in total. The lowest BCUT2D eigenvalue weighted by molar-refractivity contribution is -0.141. The number of carbonyl (C=O) groups is 2. The van der Waals surface area contributed by atoms with E-state index in [0.717, 1.165) is 16.7 Å². The van der Waals surface area contributed by atoms with E-state index in [9.17, 15) is 18.0 Å². The van der Waals surface area contributed by atoms with Crippen LogP contribution in [-0.4, -0.2) is 59.2 Å². The van der Waals surface area contributed by atoms with E-state index in [1.165, 1.54) is 27.4 Å². The van der Waals surface area contributed by atoms with Crippen LogP contribution in [0.4, 0.5) is 0 Å². The number of aromatic nitrogens is 1. The highest BCUT2D eigenvalue weighted by atomic mass is 35.5. The fourth-order valence-electron chi connectivity index (χ4n) is 4.44. The maximum absolute atomic E-state index is 13.8. The molecule has 0 spiro atoms. The Balaban J connectivity index is 1.76. The topological polar surface area (TPSA) is 108 Å². The van der Waals surface area contributed by atoms with Crippen LogP contribution in [0.5, 0.6) is 0 Å². The number of halogens is 2. The molecule has 1 aliphatic heterocycles. The number of benzene rings is 2. The molecule has 0 aliphatic carbocycles. The lowest BCUT2D eigenvalue weighted by atomic mass is 9.96. The second kappa shape index (κ2) is 11.2. The van der Waals surface area contributed by atoms with Gasteiger partial charge >= 0.3 is 5.97 Å². The van der Waals surface area contributed by atoms with Gasteiger partial charge in [-0.05, 0) is 53.4 Å². The van der Waals surface area contributed by atoms with E-state index < -0.39 is 22.0 Å². The number of hydrogen-bond donors (Lipinski definition) is 1. The number of nitrogens with zero attached hydrogens (tertiary/aromatic N) is 3. The summed E-state index contributed by atoms with van der Waals surface area (Å²) >= 11 is 12.4. The molecule has 3 aromatic rings. The van der Waals surface area contributed by atoms with Crippen LogP contribution in [-0.2, 0) is 19.6 Å². The zero-order valence-corrected chi connectivity index (χ0v) is 22.3. The third-order valence-electron chi connectivity index (χ3n) is 6.34. The Morgan fingerprint density at radius 2 is 1.84 bits per heavy atom. The highest BCUT2D eigenvalue weighted by Crippen LogP contribution is 2.37. The van der Waals surface area contributed by atoms with Gasteiger partial charge < -0.3 is 10.0 Å². The molecule has 2 heterocycles. The van der Waals surface area contributed by atoms with E-state index in [-0.39, 0.29) is 53.3 Å². The van der Waals surface area contributed by atoms with Crippen molar-refractivity contribution in [3.63, 3.8) is 0 Å². The predicted octanol–water partition coefficient (Wildman–Crippen LogP) is 4.80. The number of carboxylic acids is 1. The molecule has 2 aromatic carbocycles. The van der Waals surface area contributed by atoms with Gasteiger partial charge in [-0.2, -0.15) is 4.31 Å². The van der Waals surface area contributed by atoms with Crippen molar-refractivity contribution in [2.75, 3.05) is 19.6 Å². The average Bonchev–Trinajstić information content (AvgIpc) is 2.88. The molecule has 0 bridgehead atoms. The highest BCUT2D eigenvalue weighted by molar-refractivity contribution is 7.89. The van der Waals surface area contributed by atoms with Crippen molar-refractivity contribution >= 4 is 45.1 Å². The third-order valence-corrected chi connectivity index (χ3v) is 9.22. The number of pyridine rings is 1. The Bertz CT molecular complexity index is 1450. The van der Waals surface area contributed by atoms with Crippen LogP contribution in [0.15, 0.2) is 65.8 Å². The van der Waals surface area contributed by atoms with Gasteiger partial charge in [0.25, 0.3) is 0 Å². The van der Waals surface area contributed by atoms with Crippen molar-refractivity contribution in [3.05, 3.63) is 82.1 Å². The fraction of sp³-hybridized carbons (Fsp3) is 0.269. The quantitative estimate of drug-likeness (QED) is 0.443. The molecule has 1 atom stereocenters. The summed E-state index contributed by atoms with van der Waals surface area (Å²) in [5, 5.41) is 9.05. The first-order valence-electron chi connectivity index (χ1n) is 11.6. The minimum Gasteiger partial charge on any atom is -0.481 e. The second-order valence-electron chi connectivity index (χ2n) is 8.73. The molecule has 1 aliphatic rings. The van der Waals surface area contributed by atoms with E-state index in [2.05, 4.69) is 4.98 Å². The molecular formula is C26H25Cl2N3O5S. The molecule has 8 nitrogen and oxygen atoms in total. The molecule has 1 unspecified atom stereocenters. The normalized spacial score (nSPS) is 16.5. The molecule has 1 saturated heterocycles. The maximum atomic E-state index is 13.8. The summed E-state index contributed by atoms with van der Waals surface area (Å²) in [4.78, 5) is 29.3. The molecule has 1 aromatic heterocycles. The van der Waals surface area contributed by atoms with Crippen molar-refractivity contribution in [2.24, 2.45) is 0 Å². The van der Waals surface area contributed by atoms with E-state index in [1.54, 1.807) is 12.4 Å². The minimum atomic E-state index is -4.10. The van der Waals surface area contributed by atoms with Gasteiger partial charge in [-0.25, -0.2) is 8.42 Å². The van der Waals surface area contributed by atoms with Crippen molar-refractivity contribution in [3.8, 4) is 11.1 Å². The Labute approximate surface area is 225 Å². The first kappa shape index (κ1) is 27.1. The highest BCUT2D eigenvalue weighted by Gasteiger charge is 2.39. The Hall–Kier alpha value is -2.98. The Morgan fingerprint density at radius 1 is 1.08 bits per heavy atom. The van der Waals surface area contributed by atoms with Crippen LogP contribution in [0.25, 0.3) is 11.1 Å². The van der Waals surface area contributed by atoms with Gasteiger partial charge in [0.1, 0.15) is 4.90 Å². The number of carboxylic acid groups (broad SMARTS) is 1. The van der Waals surface area contributed by atoms with E-state index in [4.69, 9.17) is 28.3 Å². The molecule has 4 rings (SSSR count). The van der Waals surface area contributed by atoms with Crippen molar-refractivity contribution in [1.29, 1.82) is 0 Å². The fourth-order valence-corrected chi connectivity index (χ4v) is 6.78. The lowest BCUT2D eigenvalue weighted by Crippen LogP contribution is -2.52. The zero-order chi connectivity index (χ0) is 26.7. The van der Waals surface area contributed by atoms with Crippen LogP contribution < -0.4 is 0 Å². The Morgan fingerprint density at radius 3 is 2.57 bits per heavy atom. The summed E-state index contributed by atoms with van der Waals surface area (Å²) in [7, 11) is -4.10. The molecular weight excluding hydrogens is 537 g/mol. The number of aliphatic carboxylic acids is 1. The summed E-state index contributed by atoms with van der Waals surface area (Å²) in [6.45, 7) is 2.13.